The first kappa shape index (κ1) is 16.3. The van der Waals surface area contributed by atoms with Crippen LogP contribution < -0.4 is 5.32 Å². The number of aromatic nitrogens is 1. The minimum Gasteiger partial charge on any atom is -0.506 e. The van der Waals surface area contributed by atoms with Gasteiger partial charge in [-0.15, -0.1) is 21.6 Å². The molecular weight excluding hydrogens is 328 g/mol. The van der Waals surface area contributed by atoms with Gasteiger partial charge in [-0.05, 0) is 18.6 Å². The van der Waals surface area contributed by atoms with Crippen molar-refractivity contribution in [2.45, 2.75) is 6.42 Å². The maximum absolute atomic E-state index is 10.6. The number of hydrogen-bond acceptors (Lipinski definition) is 8. The minimum atomic E-state index is -3.94. The van der Waals surface area contributed by atoms with E-state index in [1.807, 2.05) is 0 Å². The fraction of sp³-hybridized carbons (Fsp3) is 0.250. The molecule has 1 aromatic heterocycles. The molecule has 0 unspecified atom stereocenters. The highest BCUT2D eigenvalue weighted by Gasteiger charge is 2.05. The number of thiazole rings is 1. The van der Waals surface area contributed by atoms with Gasteiger partial charge in [-0.3, -0.25) is 4.55 Å². The van der Waals surface area contributed by atoms with E-state index in [4.69, 9.17) is 4.55 Å². The summed E-state index contributed by atoms with van der Waals surface area (Å²) in [5, 5.41) is 22.8. The number of nitrogens with zero attached hydrogens (tertiary/aromatic N) is 3. The van der Waals surface area contributed by atoms with E-state index in [1.54, 1.807) is 23.7 Å². The van der Waals surface area contributed by atoms with Crippen molar-refractivity contribution in [2.75, 3.05) is 17.6 Å². The number of phenolic OH excluding ortho intramolecular Hbond substituents is 1. The molecule has 0 saturated carbocycles. The van der Waals surface area contributed by atoms with E-state index in [0.717, 1.165) is 0 Å². The summed E-state index contributed by atoms with van der Waals surface area (Å²) in [7, 11) is -3.94. The normalized spacial score (nSPS) is 11.9. The quantitative estimate of drug-likeness (QED) is 0.404. The summed E-state index contributed by atoms with van der Waals surface area (Å²) in [4.78, 5) is 3.94. The average molecular weight is 342 g/mol. The van der Waals surface area contributed by atoms with Gasteiger partial charge in [0.05, 0.1) is 5.75 Å². The number of rotatable bonds is 7. The van der Waals surface area contributed by atoms with Crippen LogP contribution in [0.1, 0.15) is 6.42 Å². The third-order valence-electron chi connectivity index (χ3n) is 2.55. The summed E-state index contributed by atoms with van der Waals surface area (Å²) >= 11 is 1.33. The van der Waals surface area contributed by atoms with Gasteiger partial charge < -0.3 is 10.4 Å². The molecule has 0 aliphatic rings. The number of aromatic hydroxyl groups is 1. The lowest BCUT2D eigenvalue weighted by molar-refractivity contribution is 0.476. The van der Waals surface area contributed by atoms with Gasteiger partial charge in [-0.25, -0.2) is 4.98 Å². The van der Waals surface area contributed by atoms with E-state index >= 15 is 0 Å². The summed E-state index contributed by atoms with van der Waals surface area (Å²) in [6.45, 7) is 0.346. The number of azo groups is 1. The molecule has 0 atom stereocenters. The maximum atomic E-state index is 10.6. The van der Waals surface area contributed by atoms with Crippen LogP contribution in [0.4, 0.5) is 16.5 Å². The van der Waals surface area contributed by atoms with Crippen molar-refractivity contribution in [1.29, 1.82) is 0 Å². The Morgan fingerprint density at radius 1 is 1.32 bits per heavy atom. The Hall–Kier alpha value is -2.04. The smallest absolute Gasteiger partial charge is 0.264 e. The van der Waals surface area contributed by atoms with Crippen LogP contribution >= 0.6 is 11.3 Å². The first-order valence-corrected chi connectivity index (χ1v) is 8.76. The molecule has 1 aromatic carbocycles. The number of phenols is 1. The topological polar surface area (TPSA) is 124 Å². The molecule has 1 heterocycles. The minimum absolute atomic E-state index is 0.0555. The molecule has 0 aliphatic heterocycles. The molecule has 22 heavy (non-hydrogen) atoms. The fourth-order valence-corrected chi connectivity index (χ4v) is 2.53. The van der Waals surface area contributed by atoms with E-state index in [0.29, 0.717) is 23.1 Å². The van der Waals surface area contributed by atoms with E-state index in [9.17, 15) is 13.5 Å². The van der Waals surface area contributed by atoms with Crippen molar-refractivity contribution in [3.05, 3.63) is 29.8 Å². The zero-order valence-corrected chi connectivity index (χ0v) is 13.0. The van der Waals surface area contributed by atoms with Crippen molar-refractivity contribution in [1.82, 2.24) is 4.98 Å². The largest absolute Gasteiger partial charge is 0.506 e. The molecule has 0 saturated heterocycles. The summed E-state index contributed by atoms with van der Waals surface area (Å²) in [5.74, 6) is -0.369. The second kappa shape index (κ2) is 7.29. The SMILES string of the molecule is O=S(=O)(O)CCCNc1ccc(N=Nc2nccs2)c(O)c1. The van der Waals surface area contributed by atoms with Crippen molar-refractivity contribution >= 4 is 38.0 Å². The number of nitrogens with one attached hydrogen (secondary N) is 1. The third kappa shape index (κ3) is 5.39. The Morgan fingerprint density at radius 2 is 2.14 bits per heavy atom. The van der Waals surface area contributed by atoms with Crippen LogP contribution in [0, 0.1) is 0 Å². The lowest BCUT2D eigenvalue weighted by atomic mass is 10.2. The van der Waals surface area contributed by atoms with Crippen LogP contribution in [0.25, 0.3) is 0 Å². The molecule has 2 rings (SSSR count). The van der Waals surface area contributed by atoms with Crippen molar-refractivity contribution in [2.24, 2.45) is 10.2 Å². The predicted molar refractivity (Wildman–Crippen MR) is 83.9 cm³/mol. The van der Waals surface area contributed by atoms with Crippen LogP contribution in [0.2, 0.25) is 0 Å². The molecule has 3 N–H and O–H groups in total. The molecule has 0 bridgehead atoms. The van der Waals surface area contributed by atoms with E-state index < -0.39 is 10.1 Å². The van der Waals surface area contributed by atoms with Crippen LogP contribution in [-0.4, -0.2) is 35.4 Å². The van der Waals surface area contributed by atoms with Gasteiger partial charge in [0, 0.05) is 29.9 Å². The van der Waals surface area contributed by atoms with Crippen molar-refractivity contribution in [3.8, 4) is 5.75 Å². The molecule has 0 radical (unpaired) electrons. The molecule has 0 spiro atoms. The Balaban J connectivity index is 1.92. The van der Waals surface area contributed by atoms with Gasteiger partial charge in [0.2, 0.25) is 5.13 Å². The lowest BCUT2D eigenvalue weighted by Crippen LogP contribution is -2.10. The molecule has 0 amide bonds. The lowest BCUT2D eigenvalue weighted by Gasteiger charge is -2.07. The van der Waals surface area contributed by atoms with E-state index in [-0.39, 0.29) is 17.9 Å². The number of hydrogen-bond donors (Lipinski definition) is 3. The standard InChI is InChI=1S/C12H14N4O4S2/c17-11-8-9(13-4-1-7-22(18,19)20)2-3-10(11)15-16-12-14-5-6-21-12/h2-3,5-6,8,13,17H,1,4,7H2,(H,18,19,20). The van der Waals surface area contributed by atoms with Gasteiger partial charge in [0.1, 0.15) is 11.4 Å². The second-order valence-corrected chi connectivity index (χ2v) is 6.73. The van der Waals surface area contributed by atoms with E-state index in [1.165, 1.54) is 17.4 Å². The van der Waals surface area contributed by atoms with Crippen molar-refractivity contribution in [3.63, 3.8) is 0 Å². The summed E-state index contributed by atoms with van der Waals surface area (Å²) in [5.41, 5.74) is 0.916. The predicted octanol–water partition coefficient (Wildman–Crippen LogP) is 2.95. The molecule has 118 valence electrons. The highest BCUT2D eigenvalue weighted by molar-refractivity contribution is 7.85. The number of anilines is 1. The van der Waals surface area contributed by atoms with Crippen LogP contribution in [-0.2, 0) is 10.1 Å². The van der Waals surface area contributed by atoms with Gasteiger partial charge in [0.15, 0.2) is 0 Å². The summed E-state index contributed by atoms with van der Waals surface area (Å²) in [6, 6.07) is 4.73. The Kier molecular flexibility index (Phi) is 5.41. The molecular formula is C12H14N4O4S2. The molecule has 8 nitrogen and oxygen atoms in total. The van der Waals surface area contributed by atoms with Crippen molar-refractivity contribution < 1.29 is 18.1 Å². The maximum Gasteiger partial charge on any atom is 0.264 e. The Bertz CT molecular complexity index is 744. The molecule has 10 heteroatoms. The first-order valence-electron chi connectivity index (χ1n) is 6.27. The highest BCUT2D eigenvalue weighted by atomic mass is 32.2. The Morgan fingerprint density at radius 3 is 2.77 bits per heavy atom. The zero-order valence-electron chi connectivity index (χ0n) is 11.4. The molecule has 2 aromatic rings. The monoisotopic (exact) mass is 342 g/mol. The molecule has 0 fully saturated rings. The van der Waals surface area contributed by atoms with Crippen LogP contribution in [0.15, 0.2) is 40.0 Å². The highest BCUT2D eigenvalue weighted by Crippen LogP contribution is 2.31. The average Bonchev–Trinajstić information content (AvgIpc) is 2.95. The van der Waals surface area contributed by atoms with Gasteiger partial charge in [-0.2, -0.15) is 8.42 Å². The first-order chi connectivity index (χ1) is 10.4. The second-order valence-electron chi connectivity index (χ2n) is 4.28. The van der Waals surface area contributed by atoms with Crippen LogP contribution in [0.5, 0.6) is 5.75 Å². The van der Waals surface area contributed by atoms with Crippen LogP contribution in [0.3, 0.4) is 0 Å². The summed E-state index contributed by atoms with van der Waals surface area (Å²) in [6.07, 6.45) is 1.86. The van der Waals surface area contributed by atoms with Gasteiger partial charge >= 0.3 is 0 Å². The van der Waals surface area contributed by atoms with E-state index in [2.05, 4.69) is 20.5 Å². The zero-order chi connectivity index (χ0) is 16.0. The third-order valence-corrected chi connectivity index (χ3v) is 4.01. The Labute approximate surface area is 131 Å². The summed E-state index contributed by atoms with van der Waals surface area (Å²) < 4.78 is 29.8. The number of benzene rings is 1. The van der Waals surface area contributed by atoms with Gasteiger partial charge in [0.25, 0.3) is 10.1 Å². The molecule has 0 aliphatic carbocycles. The fourth-order valence-electron chi connectivity index (χ4n) is 1.57. The van der Waals surface area contributed by atoms with Gasteiger partial charge in [-0.1, -0.05) is 0 Å².